The van der Waals surface area contributed by atoms with Crippen molar-refractivity contribution in [1.82, 2.24) is 5.32 Å². The molecule has 0 aliphatic heterocycles. The van der Waals surface area contributed by atoms with E-state index in [1.807, 2.05) is 0 Å². The quantitative estimate of drug-likeness (QED) is 0.791. The van der Waals surface area contributed by atoms with Crippen molar-refractivity contribution in [2.45, 2.75) is 51.2 Å². The Morgan fingerprint density at radius 1 is 1.17 bits per heavy atom. The van der Waals surface area contributed by atoms with E-state index in [4.69, 9.17) is 4.74 Å². The van der Waals surface area contributed by atoms with Crippen LogP contribution in [0, 0.1) is 5.92 Å². The minimum atomic E-state index is 0.492. The minimum Gasteiger partial charge on any atom is -0.490 e. The van der Waals surface area contributed by atoms with Crippen molar-refractivity contribution in [2.24, 2.45) is 5.92 Å². The molecule has 2 saturated carbocycles. The van der Waals surface area contributed by atoms with Gasteiger partial charge in [0, 0.05) is 6.04 Å². The molecular formula is C16H23NO. The van der Waals surface area contributed by atoms with Crippen LogP contribution in [-0.2, 0) is 0 Å². The third-order valence-electron chi connectivity index (χ3n) is 3.83. The Kier molecular flexibility index (Phi) is 3.55. The zero-order chi connectivity index (χ0) is 12.4. The minimum absolute atomic E-state index is 0.492. The van der Waals surface area contributed by atoms with Crippen LogP contribution in [0.25, 0.3) is 0 Å². The van der Waals surface area contributed by atoms with Gasteiger partial charge in [0.2, 0.25) is 0 Å². The van der Waals surface area contributed by atoms with Gasteiger partial charge in [-0.3, -0.25) is 0 Å². The first-order valence-electron chi connectivity index (χ1n) is 7.35. The number of nitrogens with one attached hydrogen (secondary N) is 1. The fraction of sp³-hybridized carbons (Fsp3) is 0.625. The Labute approximate surface area is 110 Å². The lowest BCUT2D eigenvalue weighted by molar-refractivity contribution is 0.303. The highest BCUT2D eigenvalue weighted by molar-refractivity contribution is 5.29. The summed E-state index contributed by atoms with van der Waals surface area (Å²) in [5.74, 6) is 1.99. The molecule has 0 heterocycles. The van der Waals surface area contributed by atoms with Gasteiger partial charge in [0.05, 0.1) is 6.10 Å². The number of ether oxygens (including phenoxy) is 1. The van der Waals surface area contributed by atoms with E-state index in [-0.39, 0.29) is 0 Å². The molecule has 0 aromatic heterocycles. The van der Waals surface area contributed by atoms with Crippen LogP contribution in [0.5, 0.6) is 5.75 Å². The van der Waals surface area contributed by atoms with Crippen molar-refractivity contribution in [2.75, 3.05) is 6.54 Å². The van der Waals surface area contributed by atoms with Gasteiger partial charge in [-0.05, 0) is 49.4 Å². The molecule has 1 atom stereocenters. The molecule has 0 saturated heterocycles. The fourth-order valence-corrected chi connectivity index (χ4v) is 2.43. The second-order valence-electron chi connectivity index (χ2n) is 5.68. The van der Waals surface area contributed by atoms with Crippen LogP contribution in [0.15, 0.2) is 24.3 Å². The van der Waals surface area contributed by atoms with Crippen molar-refractivity contribution in [3.05, 3.63) is 29.8 Å². The fourth-order valence-electron chi connectivity index (χ4n) is 2.43. The van der Waals surface area contributed by atoms with Crippen LogP contribution in [0.4, 0.5) is 0 Å². The maximum atomic E-state index is 5.79. The van der Waals surface area contributed by atoms with Crippen molar-refractivity contribution in [3.8, 4) is 5.75 Å². The first kappa shape index (κ1) is 12.0. The first-order valence-corrected chi connectivity index (χ1v) is 7.35. The van der Waals surface area contributed by atoms with E-state index in [0.29, 0.717) is 12.1 Å². The highest BCUT2D eigenvalue weighted by atomic mass is 16.5. The van der Waals surface area contributed by atoms with E-state index >= 15 is 0 Å². The van der Waals surface area contributed by atoms with E-state index in [9.17, 15) is 0 Å². The van der Waals surface area contributed by atoms with E-state index in [1.165, 1.54) is 37.7 Å². The van der Waals surface area contributed by atoms with Crippen molar-refractivity contribution >= 4 is 0 Å². The molecule has 0 spiro atoms. The average Bonchev–Trinajstić information content (AvgIpc) is 3.25. The molecule has 18 heavy (non-hydrogen) atoms. The number of hydrogen-bond acceptors (Lipinski definition) is 2. The van der Waals surface area contributed by atoms with Gasteiger partial charge in [-0.25, -0.2) is 0 Å². The van der Waals surface area contributed by atoms with E-state index < -0.39 is 0 Å². The Balaban J connectivity index is 1.63. The van der Waals surface area contributed by atoms with Gasteiger partial charge in [-0.2, -0.15) is 0 Å². The molecular weight excluding hydrogens is 222 g/mol. The van der Waals surface area contributed by atoms with Gasteiger partial charge in [0.1, 0.15) is 5.75 Å². The third kappa shape index (κ3) is 3.26. The highest BCUT2D eigenvalue weighted by Gasteiger charge is 2.26. The molecule has 98 valence electrons. The summed E-state index contributed by atoms with van der Waals surface area (Å²) >= 11 is 0. The summed E-state index contributed by atoms with van der Waals surface area (Å²) in [7, 11) is 0. The van der Waals surface area contributed by atoms with Crippen LogP contribution >= 0.6 is 0 Å². The summed E-state index contributed by atoms with van der Waals surface area (Å²) in [6.07, 6.45) is 7.07. The topological polar surface area (TPSA) is 21.3 Å². The lowest BCUT2D eigenvalue weighted by Crippen LogP contribution is -2.21. The Hall–Kier alpha value is -1.02. The highest BCUT2D eigenvalue weighted by Crippen LogP contribution is 2.38. The number of hydrogen-bond donors (Lipinski definition) is 1. The van der Waals surface area contributed by atoms with Gasteiger partial charge in [-0.1, -0.05) is 31.9 Å². The monoisotopic (exact) mass is 245 g/mol. The molecule has 0 radical (unpaired) electrons. The lowest BCUT2D eigenvalue weighted by Gasteiger charge is -2.18. The SMILES string of the molecule is CCNC(CC1CC1)c1ccc(OC2CC2)cc1. The van der Waals surface area contributed by atoms with Crippen molar-refractivity contribution in [1.29, 1.82) is 0 Å². The zero-order valence-electron chi connectivity index (χ0n) is 11.2. The molecule has 0 amide bonds. The molecule has 2 aliphatic rings. The maximum absolute atomic E-state index is 5.79. The van der Waals surface area contributed by atoms with E-state index in [0.717, 1.165) is 18.2 Å². The van der Waals surface area contributed by atoms with Crippen LogP contribution in [0.3, 0.4) is 0 Å². The van der Waals surface area contributed by atoms with Gasteiger partial charge in [0.25, 0.3) is 0 Å². The number of rotatable bonds is 7. The molecule has 2 heteroatoms. The van der Waals surface area contributed by atoms with Crippen LogP contribution in [0.2, 0.25) is 0 Å². The molecule has 2 fully saturated rings. The predicted octanol–water partition coefficient (Wildman–Crippen LogP) is 3.68. The molecule has 0 bridgehead atoms. The molecule has 2 nitrogen and oxygen atoms in total. The summed E-state index contributed by atoms with van der Waals surface area (Å²) in [4.78, 5) is 0. The molecule has 2 aliphatic carbocycles. The summed E-state index contributed by atoms with van der Waals surface area (Å²) in [5, 5.41) is 3.60. The summed E-state index contributed by atoms with van der Waals surface area (Å²) in [6.45, 7) is 3.22. The van der Waals surface area contributed by atoms with Crippen LogP contribution < -0.4 is 10.1 Å². The van der Waals surface area contributed by atoms with Gasteiger partial charge < -0.3 is 10.1 Å². The zero-order valence-corrected chi connectivity index (χ0v) is 11.2. The molecule has 1 unspecified atom stereocenters. The first-order chi connectivity index (χ1) is 8.85. The van der Waals surface area contributed by atoms with E-state index in [2.05, 4.69) is 36.5 Å². The Morgan fingerprint density at radius 2 is 1.89 bits per heavy atom. The standard InChI is InChI=1S/C16H23NO/c1-2-17-16(11-12-3-4-12)13-5-7-14(8-6-13)18-15-9-10-15/h5-8,12,15-17H,2-4,9-11H2,1H3. The van der Waals surface area contributed by atoms with Crippen molar-refractivity contribution < 1.29 is 4.74 Å². The van der Waals surface area contributed by atoms with Crippen LogP contribution in [-0.4, -0.2) is 12.6 Å². The molecule has 1 aromatic carbocycles. The Morgan fingerprint density at radius 3 is 2.44 bits per heavy atom. The summed E-state index contributed by atoms with van der Waals surface area (Å²) < 4.78 is 5.79. The normalized spacial score (nSPS) is 20.7. The molecule has 3 rings (SSSR count). The summed E-state index contributed by atoms with van der Waals surface area (Å²) in [6, 6.07) is 9.24. The maximum Gasteiger partial charge on any atom is 0.119 e. The predicted molar refractivity (Wildman–Crippen MR) is 73.9 cm³/mol. The summed E-state index contributed by atoms with van der Waals surface area (Å²) in [5.41, 5.74) is 1.41. The molecule has 1 N–H and O–H groups in total. The second-order valence-corrected chi connectivity index (χ2v) is 5.68. The average molecular weight is 245 g/mol. The third-order valence-corrected chi connectivity index (χ3v) is 3.83. The van der Waals surface area contributed by atoms with Gasteiger partial charge in [-0.15, -0.1) is 0 Å². The number of benzene rings is 1. The Bertz CT molecular complexity index is 379. The lowest BCUT2D eigenvalue weighted by atomic mass is 10.0. The van der Waals surface area contributed by atoms with E-state index in [1.54, 1.807) is 0 Å². The second kappa shape index (κ2) is 5.31. The smallest absolute Gasteiger partial charge is 0.119 e. The van der Waals surface area contributed by atoms with Gasteiger partial charge >= 0.3 is 0 Å². The van der Waals surface area contributed by atoms with Crippen molar-refractivity contribution in [3.63, 3.8) is 0 Å². The largest absolute Gasteiger partial charge is 0.490 e. The van der Waals surface area contributed by atoms with Gasteiger partial charge in [0.15, 0.2) is 0 Å². The molecule has 1 aromatic rings. The van der Waals surface area contributed by atoms with Crippen LogP contribution in [0.1, 0.15) is 50.6 Å².